The fraction of sp³-hybridized carbons (Fsp3) is 0.440. The van der Waals surface area contributed by atoms with Gasteiger partial charge in [-0.1, -0.05) is 44.2 Å². The predicted molar refractivity (Wildman–Crippen MR) is 124 cm³/mol. The molecule has 0 N–H and O–H groups in total. The van der Waals surface area contributed by atoms with Gasteiger partial charge in [0.1, 0.15) is 12.3 Å². The third-order valence-corrected chi connectivity index (χ3v) is 6.07. The van der Waals surface area contributed by atoms with E-state index in [9.17, 15) is 9.59 Å². The summed E-state index contributed by atoms with van der Waals surface area (Å²) < 4.78 is 5.38. The zero-order valence-electron chi connectivity index (χ0n) is 18.8. The monoisotopic (exact) mass is 423 g/mol. The minimum atomic E-state index is -0.243. The number of amides is 2. The number of hydrogen-bond acceptors (Lipinski definition) is 4. The van der Waals surface area contributed by atoms with Crippen LogP contribution in [0.5, 0.6) is 5.75 Å². The van der Waals surface area contributed by atoms with Gasteiger partial charge in [0.15, 0.2) is 0 Å². The van der Waals surface area contributed by atoms with Gasteiger partial charge in [-0.15, -0.1) is 0 Å². The lowest BCUT2D eigenvalue weighted by atomic mass is 10.1. The number of para-hydroxylation sites is 2. The lowest BCUT2D eigenvalue weighted by Gasteiger charge is -2.39. The van der Waals surface area contributed by atoms with Crippen molar-refractivity contribution in [1.82, 2.24) is 9.80 Å². The number of nitrogens with zero attached hydrogens (tertiary/aromatic N) is 3. The lowest BCUT2D eigenvalue weighted by Crippen LogP contribution is -2.54. The Morgan fingerprint density at radius 3 is 2.16 bits per heavy atom. The molecule has 0 aliphatic carbocycles. The van der Waals surface area contributed by atoms with Gasteiger partial charge in [0.05, 0.1) is 12.7 Å². The van der Waals surface area contributed by atoms with Crippen molar-refractivity contribution in [1.29, 1.82) is 0 Å². The molecule has 2 aromatic carbocycles. The SMILES string of the molecule is CCC(CC)N1CCN(C(=O)CN(C(=O)c2ccccc2OC)c2ccccc2)CC1. The Kier molecular flexibility index (Phi) is 8.06. The van der Waals surface area contributed by atoms with Crippen LogP contribution >= 0.6 is 0 Å². The van der Waals surface area contributed by atoms with Crippen LogP contribution in [0.4, 0.5) is 5.69 Å². The first-order chi connectivity index (χ1) is 15.1. The van der Waals surface area contributed by atoms with E-state index >= 15 is 0 Å². The van der Waals surface area contributed by atoms with Crippen LogP contribution in [-0.4, -0.2) is 67.5 Å². The van der Waals surface area contributed by atoms with Crippen LogP contribution in [0.2, 0.25) is 0 Å². The first-order valence-corrected chi connectivity index (χ1v) is 11.1. The molecule has 2 amide bonds. The summed E-state index contributed by atoms with van der Waals surface area (Å²) in [5.41, 5.74) is 1.14. The van der Waals surface area contributed by atoms with Gasteiger partial charge in [0.2, 0.25) is 5.91 Å². The molecule has 3 rings (SSSR count). The van der Waals surface area contributed by atoms with E-state index in [2.05, 4.69) is 18.7 Å². The number of carbonyl (C=O) groups is 2. The van der Waals surface area contributed by atoms with Crippen molar-refractivity contribution in [2.75, 3.05) is 44.7 Å². The standard InChI is InChI=1S/C25H33N3O3/c1-4-20(5-2)26-15-17-27(18-16-26)24(29)19-28(21-11-7-6-8-12-21)25(30)22-13-9-10-14-23(22)31-3/h6-14,20H,4-5,15-19H2,1-3H3. The normalized spacial score (nSPS) is 14.5. The van der Waals surface area contributed by atoms with Crippen LogP contribution in [0.1, 0.15) is 37.0 Å². The fourth-order valence-electron chi connectivity index (χ4n) is 4.23. The molecule has 1 aliphatic rings. The maximum Gasteiger partial charge on any atom is 0.262 e. The van der Waals surface area contributed by atoms with Gasteiger partial charge in [0.25, 0.3) is 5.91 Å². The van der Waals surface area contributed by atoms with E-state index in [4.69, 9.17) is 4.74 Å². The molecule has 0 unspecified atom stereocenters. The van der Waals surface area contributed by atoms with Gasteiger partial charge in [-0.25, -0.2) is 0 Å². The molecule has 0 saturated carbocycles. The molecule has 31 heavy (non-hydrogen) atoms. The number of ether oxygens (including phenoxy) is 1. The Morgan fingerprint density at radius 2 is 1.55 bits per heavy atom. The van der Waals surface area contributed by atoms with Crippen molar-refractivity contribution in [3.8, 4) is 5.75 Å². The number of benzene rings is 2. The molecule has 0 aromatic heterocycles. The highest BCUT2D eigenvalue weighted by Crippen LogP contribution is 2.23. The number of methoxy groups -OCH3 is 1. The van der Waals surface area contributed by atoms with E-state index in [1.54, 1.807) is 30.2 Å². The molecule has 6 heteroatoms. The van der Waals surface area contributed by atoms with Crippen molar-refractivity contribution in [3.05, 3.63) is 60.2 Å². The van der Waals surface area contributed by atoms with E-state index in [1.165, 1.54) is 0 Å². The Balaban J connectivity index is 1.76. The summed E-state index contributed by atoms with van der Waals surface area (Å²) in [6.45, 7) is 7.58. The molecule has 1 saturated heterocycles. The smallest absolute Gasteiger partial charge is 0.262 e. The third kappa shape index (κ3) is 5.44. The number of carbonyl (C=O) groups excluding carboxylic acids is 2. The van der Waals surface area contributed by atoms with Crippen LogP contribution in [0.15, 0.2) is 54.6 Å². The molecule has 1 aliphatic heterocycles. The predicted octanol–water partition coefficient (Wildman–Crippen LogP) is 3.67. The van der Waals surface area contributed by atoms with Crippen LogP contribution in [0, 0.1) is 0 Å². The van der Waals surface area contributed by atoms with Gasteiger partial charge in [-0.2, -0.15) is 0 Å². The van der Waals surface area contributed by atoms with Gasteiger partial charge in [-0.05, 0) is 37.1 Å². The van der Waals surface area contributed by atoms with Crippen molar-refractivity contribution in [2.24, 2.45) is 0 Å². The summed E-state index contributed by atoms with van der Waals surface area (Å²) in [4.78, 5) is 32.5. The highest BCUT2D eigenvalue weighted by molar-refractivity contribution is 6.10. The second-order valence-corrected chi connectivity index (χ2v) is 7.81. The van der Waals surface area contributed by atoms with Crippen molar-refractivity contribution in [3.63, 3.8) is 0 Å². The molecular formula is C25H33N3O3. The Hall–Kier alpha value is -2.86. The third-order valence-electron chi connectivity index (χ3n) is 6.07. The molecule has 0 radical (unpaired) electrons. The average molecular weight is 424 g/mol. The summed E-state index contributed by atoms with van der Waals surface area (Å²) >= 11 is 0. The van der Waals surface area contributed by atoms with E-state index in [1.807, 2.05) is 41.3 Å². The van der Waals surface area contributed by atoms with Crippen LogP contribution in [0.25, 0.3) is 0 Å². The summed E-state index contributed by atoms with van der Waals surface area (Å²) in [5, 5.41) is 0. The second kappa shape index (κ2) is 11.0. The fourth-order valence-corrected chi connectivity index (χ4v) is 4.23. The lowest BCUT2D eigenvalue weighted by molar-refractivity contribution is -0.131. The number of hydrogen-bond donors (Lipinski definition) is 0. The molecule has 0 bridgehead atoms. The van der Waals surface area contributed by atoms with Crippen LogP contribution in [-0.2, 0) is 4.79 Å². The Bertz CT molecular complexity index is 859. The van der Waals surface area contributed by atoms with Gasteiger partial charge in [-0.3, -0.25) is 19.4 Å². The van der Waals surface area contributed by atoms with E-state index in [0.717, 1.165) is 25.9 Å². The van der Waals surface area contributed by atoms with E-state index in [0.29, 0.717) is 36.1 Å². The number of rotatable bonds is 8. The Morgan fingerprint density at radius 1 is 0.935 bits per heavy atom. The number of piperazine rings is 1. The summed E-state index contributed by atoms with van der Waals surface area (Å²) in [5.74, 6) is 0.226. The maximum absolute atomic E-state index is 13.4. The molecule has 6 nitrogen and oxygen atoms in total. The molecular weight excluding hydrogens is 390 g/mol. The molecule has 0 spiro atoms. The zero-order valence-corrected chi connectivity index (χ0v) is 18.8. The molecule has 166 valence electrons. The molecule has 0 atom stereocenters. The van der Waals surface area contributed by atoms with Gasteiger partial charge < -0.3 is 9.64 Å². The van der Waals surface area contributed by atoms with Crippen molar-refractivity contribution >= 4 is 17.5 Å². The van der Waals surface area contributed by atoms with Crippen molar-refractivity contribution < 1.29 is 14.3 Å². The topological polar surface area (TPSA) is 53.1 Å². The summed E-state index contributed by atoms with van der Waals surface area (Å²) in [6.07, 6.45) is 2.25. The highest BCUT2D eigenvalue weighted by atomic mass is 16.5. The highest BCUT2D eigenvalue weighted by Gasteiger charge is 2.28. The first kappa shape index (κ1) is 22.8. The minimum Gasteiger partial charge on any atom is -0.496 e. The molecule has 1 heterocycles. The first-order valence-electron chi connectivity index (χ1n) is 11.1. The minimum absolute atomic E-state index is 0.00583. The van der Waals surface area contributed by atoms with Gasteiger partial charge in [0, 0.05) is 37.9 Å². The largest absolute Gasteiger partial charge is 0.496 e. The Labute approximate surface area is 185 Å². The molecule has 2 aromatic rings. The zero-order chi connectivity index (χ0) is 22.2. The molecule has 1 fully saturated rings. The van der Waals surface area contributed by atoms with E-state index in [-0.39, 0.29) is 18.4 Å². The van der Waals surface area contributed by atoms with E-state index < -0.39 is 0 Å². The summed E-state index contributed by atoms with van der Waals surface area (Å²) in [7, 11) is 1.55. The van der Waals surface area contributed by atoms with Crippen molar-refractivity contribution in [2.45, 2.75) is 32.7 Å². The second-order valence-electron chi connectivity index (χ2n) is 7.81. The van der Waals surface area contributed by atoms with Gasteiger partial charge >= 0.3 is 0 Å². The average Bonchev–Trinajstić information content (AvgIpc) is 2.83. The maximum atomic E-state index is 13.4. The van der Waals surface area contributed by atoms with Crippen LogP contribution in [0.3, 0.4) is 0 Å². The summed E-state index contributed by atoms with van der Waals surface area (Å²) in [6, 6.07) is 17.0. The number of anilines is 1. The van der Waals surface area contributed by atoms with Crippen LogP contribution < -0.4 is 9.64 Å². The quantitative estimate of drug-likeness (QED) is 0.650.